The average Bonchev–Trinajstić information content (AvgIpc) is 2.66. The van der Waals surface area contributed by atoms with Gasteiger partial charge in [-0.05, 0) is 49.2 Å². The summed E-state index contributed by atoms with van der Waals surface area (Å²) in [6.45, 7) is 15.5. The maximum absolute atomic E-state index is 6.58. The number of rotatable bonds is 8. The Labute approximate surface area is 217 Å². The minimum Gasteiger partial charge on any atom is -0.470 e. The molecule has 0 heterocycles. The first-order valence-electron chi connectivity index (χ1n) is 10.8. The lowest BCUT2D eigenvalue weighted by molar-refractivity contribution is 0.0472. The van der Waals surface area contributed by atoms with Gasteiger partial charge in [0, 0.05) is 17.3 Å². The van der Waals surface area contributed by atoms with Crippen LogP contribution in [0.1, 0.15) is 66.5 Å². The molecule has 0 fully saturated rings. The molecule has 8 heteroatoms. The van der Waals surface area contributed by atoms with Gasteiger partial charge in [-0.1, -0.05) is 87.9 Å². The van der Waals surface area contributed by atoms with Crippen LogP contribution in [0, 0.1) is 11.8 Å². The predicted molar refractivity (Wildman–Crippen MR) is 141 cm³/mol. The van der Waals surface area contributed by atoms with E-state index in [1.165, 1.54) is 0 Å². The molecule has 0 amide bonds. The number of benzene rings is 2. The molecule has 0 aliphatic carbocycles. The summed E-state index contributed by atoms with van der Waals surface area (Å²) in [7, 11) is 0. The largest absolute Gasteiger partial charge is 0.470 e. The quantitative estimate of drug-likeness (QED) is 0.335. The lowest BCUT2D eigenvalue weighted by atomic mass is 9.78. The molecule has 2 aromatic rings. The van der Waals surface area contributed by atoms with Gasteiger partial charge < -0.3 is 9.47 Å². The summed E-state index contributed by atoms with van der Waals surface area (Å²) < 4.78 is 11.9. The standard InChI is InChI=1S/C25H34Cl4N2O2/c1-13(2)24(7,30)32-21-17(26)9-15(10-18(21)27)23(5,6)16-11-19(28)22(20(29)12-16)33-25(8,31)14(3)4/h9-14H,30-31H2,1-8H3. The Bertz CT molecular complexity index is 892. The van der Waals surface area contributed by atoms with Crippen molar-refractivity contribution < 1.29 is 9.47 Å². The molecule has 4 nitrogen and oxygen atoms in total. The Morgan fingerprint density at radius 2 is 0.848 bits per heavy atom. The molecule has 33 heavy (non-hydrogen) atoms. The number of ether oxygens (including phenoxy) is 2. The van der Waals surface area contributed by atoms with E-state index >= 15 is 0 Å². The highest BCUT2D eigenvalue weighted by atomic mass is 35.5. The Hall–Kier alpha value is -0.880. The second-order valence-corrected chi connectivity index (χ2v) is 11.7. The normalized spacial score (nSPS) is 16.0. The Morgan fingerprint density at radius 1 is 0.606 bits per heavy atom. The zero-order valence-corrected chi connectivity index (χ0v) is 23.5. The molecule has 0 saturated carbocycles. The molecule has 0 bridgehead atoms. The highest BCUT2D eigenvalue weighted by Crippen LogP contribution is 2.45. The lowest BCUT2D eigenvalue weighted by Gasteiger charge is -2.33. The highest BCUT2D eigenvalue weighted by Gasteiger charge is 2.32. The minimum absolute atomic E-state index is 0.0526. The van der Waals surface area contributed by atoms with Crippen molar-refractivity contribution in [3.05, 3.63) is 55.5 Å². The first-order chi connectivity index (χ1) is 14.9. The van der Waals surface area contributed by atoms with Crippen molar-refractivity contribution in [3.8, 4) is 11.5 Å². The van der Waals surface area contributed by atoms with Crippen LogP contribution in [-0.2, 0) is 5.41 Å². The minimum atomic E-state index is -0.922. The number of halogens is 4. The Morgan fingerprint density at radius 3 is 1.06 bits per heavy atom. The molecule has 0 saturated heterocycles. The SMILES string of the molecule is CC(C)C(C)(N)Oc1c(Cl)cc(C(C)(C)c2cc(Cl)c(OC(C)(N)C(C)C)c(Cl)c2)cc1Cl. The maximum atomic E-state index is 6.58. The predicted octanol–water partition coefficient (Wildman–Crippen LogP) is 8.05. The smallest absolute Gasteiger partial charge is 0.159 e. The summed E-state index contributed by atoms with van der Waals surface area (Å²) in [5.41, 5.74) is 11.9. The van der Waals surface area contributed by atoms with E-state index < -0.39 is 16.9 Å². The molecule has 2 atom stereocenters. The van der Waals surface area contributed by atoms with Gasteiger partial charge in [-0.3, -0.25) is 11.5 Å². The lowest BCUT2D eigenvalue weighted by Crippen LogP contribution is -2.47. The molecule has 2 unspecified atom stereocenters. The maximum Gasteiger partial charge on any atom is 0.159 e. The number of nitrogens with two attached hydrogens (primary N) is 2. The van der Waals surface area contributed by atoms with Gasteiger partial charge in [0.25, 0.3) is 0 Å². The number of hydrogen-bond acceptors (Lipinski definition) is 4. The molecule has 2 rings (SSSR count). The molecule has 0 aliphatic rings. The number of hydrogen-bond donors (Lipinski definition) is 2. The van der Waals surface area contributed by atoms with Crippen LogP contribution in [-0.4, -0.2) is 11.4 Å². The van der Waals surface area contributed by atoms with Gasteiger partial charge in [0.15, 0.2) is 22.9 Å². The molecular formula is C25H34Cl4N2O2. The van der Waals surface area contributed by atoms with E-state index in [1.807, 2.05) is 65.8 Å². The van der Waals surface area contributed by atoms with Crippen molar-refractivity contribution in [3.63, 3.8) is 0 Å². The van der Waals surface area contributed by atoms with Crippen molar-refractivity contribution in [2.75, 3.05) is 0 Å². The van der Waals surface area contributed by atoms with Crippen molar-refractivity contribution in [2.45, 2.75) is 72.3 Å². The zero-order valence-electron chi connectivity index (χ0n) is 20.4. The first kappa shape index (κ1) is 28.4. The molecular weight excluding hydrogens is 502 g/mol. The van der Waals surface area contributed by atoms with Crippen molar-refractivity contribution in [1.82, 2.24) is 0 Å². The van der Waals surface area contributed by atoms with Gasteiger partial charge in [-0.25, -0.2) is 0 Å². The summed E-state index contributed by atoms with van der Waals surface area (Å²) >= 11 is 26.3. The van der Waals surface area contributed by atoms with E-state index in [9.17, 15) is 0 Å². The summed E-state index contributed by atoms with van der Waals surface area (Å²) in [6, 6.07) is 7.28. The molecule has 4 N–H and O–H groups in total. The molecule has 0 spiro atoms. The highest BCUT2D eigenvalue weighted by molar-refractivity contribution is 6.38. The fourth-order valence-corrected chi connectivity index (χ4v) is 4.01. The van der Waals surface area contributed by atoms with Crippen LogP contribution in [0.3, 0.4) is 0 Å². The third kappa shape index (κ3) is 6.22. The topological polar surface area (TPSA) is 70.5 Å². The summed E-state index contributed by atoms with van der Waals surface area (Å²) in [5, 5.41) is 1.48. The van der Waals surface area contributed by atoms with E-state index in [0.29, 0.717) is 31.6 Å². The van der Waals surface area contributed by atoms with E-state index in [1.54, 1.807) is 13.8 Å². The van der Waals surface area contributed by atoms with Gasteiger partial charge in [0.05, 0.1) is 20.1 Å². The Balaban J connectivity index is 2.48. The van der Waals surface area contributed by atoms with E-state index in [4.69, 9.17) is 67.3 Å². The molecule has 0 aliphatic heterocycles. The molecule has 184 valence electrons. The average molecular weight is 536 g/mol. The van der Waals surface area contributed by atoms with Gasteiger partial charge in [-0.15, -0.1) is 0 Å². The van der Waals surface area contributed by atoms with E-state index in [0.717, 1.165) is 11.1 Å². The molecule has 0 radical (unpaired) electrons. The second-order valence-electron chi connectivity index (χ2n) is 10.0. The second kappa shape index (κ2) is 10.0. The third-order valence-electron chi connectivity index (χ3n) is 6.38. The fraction of sp³-hybridized carbons (Fsp3) is 0.520. The fourth-order valence-electron chi connectivity index (χ4n) is 2.88. The van der Waals surface area contributed by atoms with Crippen molar-refractivity contribution >= 4 is 46.4 Å². The van der Waals surface area contributed by atoms with E-state index in [-0.39, 0.29) is 11.8 Å². The molecule has 0 aromatic heterocycles. The summed E-state index contributed by atoms with van der Waals surface area (Å²) in [4.78, 5) is 0. The summed E-state index contributed by atoms with van der Waals surface area (Å²) in [6.07, 6.45) is 0. The van der Waals surface area contributed by atoms with Gasteiger partial charge in [-0.2, -0.15) is 0 Å². The van der Waals surface area contributed by atoms with Crippen LogP contribution >= 0.6 is 46.4 Å². The van der Waals surface area contributed by atoms with Gasteiger partial charge in [0.1, 0.15) is 0 Å². The first-order valence-corrected chi connectivity index (χ1v) is 12.4. The van der Waals surface area contributed by atoms with Crippen LogP contribution < -0.4 is 20.9 Å². The van der Waals surface area contributed by atoms with Crippen LogP contribution in [0.4, 0.5) is 0 Å². The van der Waals surface area contributed by atoms with E-state index in [2.05, 4.69) is 0 Å². The van der Waals surface area contributed by atoms with Gasteiger partial charge >= 0.3 is 0 Å². The third-order valence-corrected chi connectivity index (χ3v) is 7.50. The van der Waals surface area contributed by atoms with Crippen molar-refractivity contribution in [2.24, 2.45) is 23.3 Å². The molecule has 2 aromatic carbocycles. The Kier molecular flexibility index (Phi) is 8.60. The van der Waals surface area contributed by atoms with Crippen LogP contribution in [0.25, 0.3) is 0 Å². The van der Waals surface area contributed by atoms with Crippen LogP contribution in [0.5, 0.6) is 11.5 Å². The van der Waals surface area contributed by atoms with Gasteiger partial charge in [0.2, 0.25) is 0 Å². The summed E-state index contributed by atoms with van der Waals surface area (Å²) in [5.74, 6) is 0.813. The van der Waals surface area contributed by atoms with Crippen LogP contribution in [0.15, 0.2) is 24.3 Å². The zero-order chi connectivity index (χ0) is 25.5. The van der Waals surface area contributed by atoms with Crippen LogP contribution in [0.2, 0.25) is 20.1 Å². The van der Waals surface area contributed by atoms with Crippen molar-refractivity contribution in [1.29, 1.82) is 0 Å². The monoisotopic (exact) mass is 534 g/mol.